The normalized spacial score (nSPS) is 14.2. The van der Waals surface area contributed by atoms with Crippen molar-refractivity contribution in [1.82, 2.24) is 4.90 Å². The maximum absolute atomic E-state index is 12.4. The Morgan fingerprint density at radius 2 is 1.75 bits per heavy atom. The molecule has 0 heterocycles. The number of hydrogen-bond acceptors (Lipinski definition) is 2. The molecule has 0 aromatic heterocycles. The Morgan fingerprint density at radius 1 is 1.20 bits per heavy atom. The predicted molar refractivity (Wildman–Crippen MR) is 76.7 cm³/mol. The number of carboxylic acids is 1. The van der Waals surface area contributed by atoms with Gasteiger partial charge in [-0.15, -0.1) is 0 Å². The van der Waals surface area contributed by atoms with Gasteiger partial charge in [0.15, 0.2) is 0 Å². The van der Waals surface area contributed by atoms with Gasteiger partial charge < -0.3 is 10.0 Å². The predicted octanol–water partition coefficient (Wildman–Crippen LogP) is 2.23. The van der Waals surface area contributed by atoms with E-state index in [-0.39, 0.29) is 18.5 Å². The number of amides is 1. The van der Waals surface area contributed by atoms with Crippen LogP contribution in [0.4, 0.5) is 0 Å². The molecule has 1 aliphatic rings. The summed E-state index contributed by atoms with van der Waals surface area (Å²) in [6.45, 7) is 5.85. The standard InChI is InChI=1S/C16H21NO3/c1-10-6-11(2)14(12(3)7-10)8-15(18)17(9-16(19)20)13-4-5-13/h6-7,13H,4-5,8-9H2,1-3H3,(H,19,20). The van der Waals surface area contributed by atoms with Crippen molar-refractivity contribution in [2.45, 2.75) is 46.1 Å². The molecule has 0 bridgehead atoms. The number of rotatable bonds is 5. The largest absolute Gasteiger partial charge is 0.480 e. The van der Waals surface area contributed by atoms with Crippen LogP contribution in [0.5, 0.6) is 0 Å². The summed E-state index contributed by atoms with van der Waals surface area (Å²) in [5.41, 5.74) is 4.40. The Bertz CT molecular complexity index is 524. The molecular formula is C16H21NO3. The van der Waals surface area contributed by atoms with Crippen LogP contribution in [0.1, 0.15) is 35.1 Å². The van der Waals surface area contributed by atoms with Crippen LogP contribution >= 0.6 is 0 Å². The third-order valence-electron chi connectivity index (χ3n) is 3.78. The number of aliphatic carboxylic acids is 1. The highest BCUT2D eigenvalue weighted by Gasteiger charge is 2.33. The molecule has 1 aromatic carbocycles. The summed E-state index contributed by atoms with van der Waals surface area (Å²) < 4.78 is 0. The molecule has 4 heteroatoms. The molecule has 1 aliphatic carbocycles. The van der Waals surface area contributed by atoms with Crippen molar-refractivity contribution in [2.75, 3.05) is 6.54 Å². The van der Waals surface area contributed by atoms with Crippen molar-refractivity contribution in [3.8, 4) is 0 Å². The summed E-state index contributed by atoms with van der Waals surface area (Å²) in [6.07, 6.45) is 2.14. The van der Waals surface area contributed by atoms with Crippen molar-refractivity contribution >= 4 is 11.9 Å². The highest BCUT2D eigenvalue weighted by atomic mass is 16.4. The maximum atomic E-state index is 12.4. The highest BCUT2D eigenvalue weighted by molar-refractivity contribution is 5.84. The fourth-order valence-corrected chi connectivity index (χ4v) is 2.69. The summed E-state index contributed by atoms with van der Waals surface area (Å²) in [5.74, 6) is -1.02. The van der Waals surface area contributed by atoms with E-state index in [4.69, 9.17) is 5.11 Å². The molecule has 0 radical (unpaired) electrons. The summed E-state index contributed by atoms with van der Waals surface area (Å²) in [4.78, 5) is 24.8. The van der Waals surface area contributed by atoms with E-state index in [1.807, 2.05) is 20.8 Å². The number of carboxylic acid groups (broad SMARTS) is 1. The van der Waals surface area contributed by atoms with Crippen LogP contribution in [-0.4, -0.2) is 34.5 Å². The van der Waals surface area contributed by atoms with Gasteiger partial charge >= 0.3 is 5.97 Å². The van der Waals surface area contributed by atoms with E-state index in [0.29, 0.717) is 6.42 Å². The average molecular weight is 275 g/mol. The minimum absolute atomic E-state index is 0.0787. The van der Waals surface area contributed by atoms with E-state index in [1.54, 1.807) is 0 Å². The zero-order chi connectivity index (χ0) is 14.9. The molecule has 1 aromatic rings. The van der Waals surface area contributed by atoms with E-state index in [9.17, 15) is 9.59 Å². The van der Waals surface area contributed by atoms with Crippen LogP contribution in [0.25, 0.3) is 0 Å². The van der Waals surface area contributed by atoms with Gasteiger partial charge in [0.25, 0.3) is 0 Å². The van der Waals surface area contributed by atoms with Crippen molar-refractivity contribution in [3.63, 3.8) is 0 Å². The smallest absolute Gasteiger partial charge is 0.323 e. The molecule has 0 aliphatic heterocycles. The first-order chi connectivity index (χ1) is 9.38. The Labute approximate surface area is 119 Å². The quantitative estimate of drug-likeness (QED) is 0.896. The van der Waals surface area contributed by atoms with Gasteiger partial charge in [-0.05, 0) is 50.3 Å². The lowest BCUT2D eigenvalue weighted by Crippen LogP contribution is -2.38. The first-order valence-electron chi connectivity index (χ1n) is 6.96. The fraction of sp³-hybridized carbons (Fsp3) is 0.500. The molecule has 20 heavy (non-hydrogen) atoms. The number of hydrogen-bond donors (Lipinski definition) is 1. The summed E-state index contributed by atoms with van der Waals surface area (Å²) in [7, 11) is 0. The first kappa shape index (κ1) is 14.6. The molecule has 0 saturated heterocycles. The van der Waals surface area contributed by atoms with E-state index in [0.717, 1.165) is 29.5 Å². The van der Waals surface area contributed by atoms with Crippen LogP contribution in [0.3, 0.4) is 0 Å². The van der Waals surface area contributed by atoms with Crippen molar-refractivity contribution in [1.29, 1.82) is 0 Å². The molecule has 1 amide bonds. The SMILES string of the molecule is Cc1cc(C)c(CC(=O)N(CC(=O)O)C2CC2)c(C)c1. The second-order valence-electron chi connectivity index (χ2n) is 5.70. The maximum Gasteiger partial charge on any atom is 0.323 e. The van der Waals surface area contributed by atoms with E-state index in [1.165, 1.54) is 10.5 Å². The number of carbonyl (C=O) groups is 2. The van der Waals surface area contributed by atoms with Crippen LogP contribution in [0, 0.1) is 20.8 Å². The van der Waals surface area contributed by atoms with Crippen molar-refractivity contribution in [2.24, 2.45) is 0 Å². The number of benzene rings is 1. The van der Waals surface area contributed by atoms with E-state index < -0.39 is 5.97 Å². The molecule has 1 N–H and O–H groups in total. The molecule has 2 rings (SSSR count). The van der Waals surface area contributed by atoms with E-state index >= 15 is 0 Å². The lowest BCUT2D eigenvalue weighted by molar-refractivity contribution is -0.144. The first-order valence-corrected chi connectivity index (χ1v) is 6.96. The van der Waals surface area contributed by atoms with Crippen LogP contribution < -0.4 is 0 Å². The summed E-state index contributed by atoms with van der Waals surface area (Å²) in [5, 5.41) is 8.93. The minimum atomic E-state index is -0.942. The molecule has 1 fully saturated rings. The number of nitrogens with zero attached hydrogens (tertiary/aromatic N) is 1. The number of carbonyl (C=O) groups excluding carboxylic acids is 1. The zero-order valence-corrected chi connectivity index (χ0v) is 12.3. The van der Waals surface area contributed by atoms with Gasteiger partial charge in [0, 0.05) is 6.04 Å². The third kappa shape index (κ3) is 3.38. The Kier molecular flexibility index (Phi) is 4.12. The van der Waals surface area contributed by atoms with Gasteiger partial charge in [-0.25, -0.2) is 0 Å². The minimum Gasteiger partial charge on any atom is -0.480 e. The molecule has 0 spiro atoms. The number of aryl methyl sites for hydroxylation is 3. The zero-order valence-electron chi connectivity index (χ0n) is 12.3. The summed E-state index contributed by atoms with van der Waals surface area (Å²) >= 11 is 0. The van der Waals surface area contributed by atoms with Crippen LogP contribution in [-0.2, 0) is 16.0 Å². The van der Waals surface area contributed by atoms with Gasteiger partial charge in [-0.2, -0.15) is 0 Å². The monoisotopic (exact) mass is 275 g/mol. The highest BCUT2D eigenvalue weighted by Crippen LogP contribution is 2.28. The lowest BCUT2D eigenvalue weighted by atomic mass is 9.97. The molecule has 4 nitrogen and oxygen atoms in total. The van der Waals surface area contributed by atoms with Crippen LogP contribution in [0.15, 0.2) is 12.1 Å². The van der Waals surface area contributed by atoms with E-state index in [2.05, 4.69) is 12.1 Å². The Hall–Kier alpha value is -1.84. The lowest BCUT2D eigenvalue weighted by Gasteiger charge is -2.21. The molecule has 0 atom stereocenters. The molecular weight excluding hydrogens is 254 g/mol. The summed E-state index contributed by atoms with van der Waals surface area (Å²) in [6, 6.07) is 4.26. The van der Waals surface area contributed by atoms with Gasteiger partial charge in [0.2, 0.25) is 5.91 Å². The molecule has 1 saturated carbocycles. The second kappa shape index (κ2) is 5.65. The molecule has 108 valence electrons. The van der Waals surface area contributed by atoms with Crippen LogP contribution in [0.2, 0.25) is 0 Å². The average Bonchev–Trinajstić information content (AvgIpc) is 3.14. The Morgan fingerprint density at radius 3 is 2.20 bits per heavy atom. The van der Waals surface area contributed by atoms with Gasteiger partial charge in [-0.3, -0.25) is 9.59 Å². The fourth-order valence-electron chi connectivity index (χ4n) is 2.69. The third-order valence-corrected chi connectivity index (χ3v) is 3.78. The van der Waals surface area contributed by atoms with Crippen molar-refractivity contribution < 1.29 is 14.7 Å². The van der Waals surface area contributed by atoms with Crippen molar-refractivity contribution in [3.05, 3.63) is 34.4 Å². The second-order valence-corrected chi connectivity index (χ2v) is 5.70. The van der Waals surface area contributed by atoms with Gasteiger partial charge in [-0.1, -0.05) is 17.7 Å². The van der Waals surface area contributed by atoms with Gasteiger partial charge in [0.1, 0.15) is 6.54 Å². The Balaban J connectivity index is 2.16. The van der Waals surface area contributed by atoms with Gasteiger partial charge in [0.05, 0.1) is 6.42 Å². The molecule has 0 unspecified atom stereocenters. The topological polar surface area (TPSA) is 57.6 Å².